The van der Waals surface area contributed by atoms with Gasteiger partial charge in [0.15, 0.2) is 5.11 Å². The fourth-order valence-corrected chi connectivity index (χ4v) is 3.07. The molecule has 0 aromatic heterocycles. The molecule has 1 aromatic carbocycles. The van der Waals surface area contributed by atoms with Gasteiger partial charge >= 0.3 is 0 Å². The van der Waals surface area contributed by atoms with Gasteiger partial charge in [-0.05, 0) is 47.2 Å². The third-order valence-corrected chi connectivity index (χ3v) is 4.57. The van der Waals surface area contributed by atoms with Crippen LogP contribution in [-0.4, -0.2) is 48.6 Å². The molecule has 22 heavy (non-hydrogen) atoms. The van der Waals surface area contributed by atoms with Crippen molar-refractivity contribution < 1.29 is 14.3 Å². The molecule has 1 heterocycles. The lowest BCUT2D eigenvalue weighted by atomic mass is 10.1. The number of thiocarbonyl (C=S) groups is 1. The van der Waals surface area contributed by atoms with Crippen LogP contribution in [-0.2, 0) is 4.79 Å². The van der Waals surface area contributed by atoms with Crippen molar-refractivity contribution in [2.24, 2.45) is 0 Å². The molecule has 7 heteroatoms. The molecule has 1 aliphatic heterocycles. The number of halogens is 1. The Hall–Kier alpha value is -1.60. The highest BCUT2D eigenvalue weighted by Gasteiger charge is 2.34. The van der Waals surface area contributed by atoms with Gasteiger partial charge in [-0.1, -0.05) is 0 Å². The van der Waals surface area contributed by atoms with Gasteiger partial charge in [0.1, 0.15) is 17.2 Å². The second kappa shape index (κ2) is 6.66. The van der Waals surface area contributed by atoms with Crippen LogP contribution in [0.2, 0.25) is 0 Å². The van der Waals surface area contributed by atoms with Gasteiger partial charge in [0.25, 0.3) is 5.91 Å². The number of rotatable bonds is 4. The SMILES string of the molecule is CCN1C(=O)/C(=C/c2cc(Br)c(OC)cc2OC)N(C)C1=S. The standard InChI is InChI=1S/C15H17BrN2O3S/c1-5-18-14(19)11(17(2)15(18)22)7-9-6-10(16)13(21-4)8-12(9)20-3/h6-8H,5H2,1-4H3/b11-7-. The summed E-state index contributed by atoms with van der Waals surface area (Å²) in [5, 5.41) is 0.505. The number of benzene rings is 1. The highest BCUT2D eigenvalue weighted by atomic mass is 79.9. The van der Waals surface area contributed by atoms with E-state index in [1.54, 1.807) is 43.2 Å². The summed E-state index contributed by atoms with van der Waals surface area (Å²) in [5.74, 6) is 1.18. The molecule has 0 spiro atoms. The van der Waals surface area contributed by atoms with Crippen LogP contribution < -0.4 is 9.47 Å². The Kier molecular flexibility index (Phi) is 5.08. The van der Waals surface area contributed by atoms with Gasteiger partial charge < -0.3 is 14.4 Å². The molecule has 2 rings (SSSR count). The average Bonchev–Trinajstić information content (AvgIpc) is 2.71. The molecule has 0 unspecified atom stereocenters. The molecule has 0 radical (unpaired) electrons. The Morgan fingerprint density at radius 2 is 1.91 bits per heavy atom. The molecule has 0 N–H and O–H groups in total. The van der Waals surface area contributed by atoms with Crippen LogP contribution in [0.5, 0.6) is 11.5 Å². The smallest absolute Gasteiger partial charge is 0.276 e. The van der Waals surface area contributed by atoms with E-state index in [0.717, 1.165) is 10.0 Å². The van der Waals surface area contributed by atoms with Gasteiger partial charge in [-0.3, -0.25) is 9.69 Å². The first kappa shape index (κ1) is 16.8. The molecule has 1 saturated heterocycles. The summed E-state index contributed by atoms with van der Waals surface area (Å²) in [7, 11) is 4.95. The largest absolute Gasteiger partial charge is 0.496 e. The number of amides is 1. The van der Waals surface area contributed by atoms with Crippen LogP contribution in [0.15, 0.2) is 22.3 Å². The average molecular weight is 385 g/mol. The molecule has 1 aromatic rings. The number of hydrogen-bond acceptors (Lipinski definition) is 4. The summed E-state index contributed by atoms with van der Waals surface area (Å²) < 4.78 is 11.4. The minimum atomic E-state index is -0.107. The van der Waals surface area contributed by atoms with E-state index in [-0.39, 0.29) is 5.91 Å². The van der Waals surface area contributed by atoms with E-state index >= 15 is 0 Å². The summed E-state index contributed by atoms with van der Waals surface area (Å²) in [6, 6.07) is 3.62. The number of carbonyl (C=O) groups excluding carboxylic acids is 1. The third kappa shape index (κ3) is 2.83. The highest BCUT2D eigenvalue weighted by molar-refractivity contribution is 9.10. The molecule has 5 nitrogen and oxygen atoms in total. The third-order valence-electron chi connectivity index (χ3n) is 3.46. The summed E-state index contributed by atoms with van der Waals surface area (Å²) in [6.07, 6.45) is 1.77. The van der Waals surface area contributed by atoms with Gasteiger partial charge in [-0.25, -0.2) is 0 Å². The maximum atomic E-state index is 12.4. The fraction of sp³-hybridized carbons (Fsp3) is 0.333. The molecular weight excluding hydrogens is 368 g/mol. The van der Waals surface area contributed by atoms with Crippen LogP contribution in [0.3, 0.4) is 0 Å². The minimum Gasteiger partial charge on any atom is -0.496 e. The first-order chi connectivity index (χ1) is 10.4. The van der Waals surface area contributed by atoms with Crippen molar-refractivity contribution in [1.82, 2.24) is 9.80 Å². The lowest BCUT2D eigenvalue weighted by Crippen LogP contribution is -2.30. The van der Waals surface area contributed by atoms with E-state index in [9.17, 15) is 4.79 Å². The minimum absolute atomic E-state index is 0.107. The van der Waals surface area contributed by atoms with Crippen LogP contribution in [0.25, 0.3) is 6.08 Å². The highest BCUT2D eigenvalue weighted by Crippen LogP contribution is 2.35. The van der Waals surface area contributed by atoms with Gasteiger partial charge in [0.2, 0.25) is 0 Å². The lowest BCUT2D eigenvalue weighted by molar-refractivity contribution is -0.122. The van der Waals surface area contributed by atoms with E-state index in [4.69, 9.17) is 21.7 Å². The van der Waals surface area contributed by atoms with Crippen molar-refractivity contribution >= 4 is 45.2 Å². The summed E-state index contributed by atoms with van der Waals surface area (Å²) in [6.45, 7) is 2.44. The summed E-state index contributed by atoms with van der Waals surface area (Å²) in [4.78, 5) is 15.7. The van der Waals surface area contributed by atoms with Gasteiger partial charge in [-0.2, -0.15) is 0 Å². The molecule has 0 bridgehead atoms. The van der Waals surface area contributed by atoms with Crippen molar-refractivity contribution in [1.29, 1.82) is 0 Å². The zero-order valence-electron chi connectivity index (χ0n) is 12.8. The van der Waals surface area contributed by atoms with E-state index in [2.05, 4.69) is 15.9 Å². The van der Waals surface area contributed by atoms with Crippen molar-refractivity contribution in [3.8, 4) is 11.5 Å². The monoisotopic (exact) mass is 384 g/mol. The first-order valence-electron chi connectivity index (χ1n) is 6.67. The summed E-state index contributed by atoms with van der Waals surface area (Å²) >= 11 is 8.73. The van der Waals surface area contributed by atoms with Crippen LogP contribution in [0.4, 0.5) is 0 Å². The van der Waals surface area contributed by atoms with E-state index in [1.165, 1.54) is 0 Å². The molecule has 1 aliphatic rings. The first-order valence-corrected chi connectivity index (χ1v) is 7.87. The Bertz CT molecular complexity index is 660. The molecule has 0 saturated carbocycles. The molecule has 118 valence electrons. The lowest BCUT2D eigenvalue weighted by Gasteiger charge is -2.14. The van der Waals surface area contributed by atoms with Crippen LogP contribution >= 0.6 is 28.1 Å². The number of methoxy groups -OCH3 is 2. The van der Waals surface area contributed by atoms with Gasteiger partial charge in [-0.15, -0.1) is 0 Å². The van der Waals surface area contributed by atoms with Crippen LogP contribution in [0, 0.1) is 0 Å². The zero-order valence-corrected chi connectivity index (χ0v) is 15.2. The van der Waals surface area contributed by atoms with E-state index < -0.39 is 0 Å². The predicted molar refractivity (Wildman–Crippen MR) is 93.0 cm³/mol. The maximum absolute atomic E-state index is 12.4. The van der Waals surface area contributed by atoms with Gasteiger partial charge in [0.05, 0.1) is 18.7 Å². The molecule has 0 atom stereocenters. The second-order valence-electron chi connectivity index (χ2n) is 4.65. The van der Waals surface area contributed by atoms with Crippen molar-refractivity contribution in [2.45, 2.75) is 6.92 Å². The Morgan fingerprint density at radius 1 is 1.27 bits per heavy atom. The Labute approximate surface area is 143 Å². The zero-order chi connectivity index (χ0) is 16.4. The predicted octanol–water partition coefficient (Wildman–Crippen LogP) is 2.89. The topological polar surface area (TPSA) is 42.0 Å². The Morgan fingerprint density at radius 3 is 2.41 bits per heavy atom. The number of nitrogens with zero attached hydrogens (tertiary/aromatic N) is 2. The fourth-order valence-electron chi connectivity index (χ4n) is 2.23. The number of ether oxygens (including phenoxy) is 2. The van der Waals surface area contributed by atoms with Crippen molar-refractivity contribution in [2.75, 3.05) is 27.8 Å². The van der Waals surface area contributed by atoms with Crippen molar-refractivity contribution in [3.05, 3.63) is 27.9 Å². The molecule has 1 amide bonds. The van der Waals surface area contributed by atoms with E-state index in [1.807, 2.05) is 13.0 Å². The van der Waals surface area contributed by atoms with Gasteiger partial charge in [0, 0.05) is 25.2 Å². The summed E-state index contributed by atoms with van der Waals surface area (Å²) in [5.41, 5.74) is 1.29. The quantitative estimate of drug-likeness (QED) is 0.589. The number of hydrogen-bond donors (Lipinski definition) is 0. The second-order valence-corrected chi connectivity index (χ2v) is 5.87. The molecule has 0 aliphatic carbocycles. The van der Waals surface area contributed by atoms with Crippen molar-refractivity contribution in [3.63, 3.8) is 0 Å². The molecule has 1 fully saturated rings. The number of carbonyl (C=O) groups is 1. The van der Waals surface area contributed by atoms with Crippen LogP contribution in [0.1, 0.15) is 12.5 Å². The van der Waals surface area contributed by atoms with E-state index in [0.29, 0.717) is 28.9 Å². The Balaban J connectivity index is 2.51. The molecular formula is C15H17BrN2O3S. The maximum Gasteiger partial charge on any atom is 0.276 e. The number of likely N-dealkylation sites (N-methyl/N-ethyl adjacent to an activating group) is 2. The normalized spacial score (nSPS) is 16.7.